The SMILES string of the molecule is CCCCOC(=O)c1ccc(N2CCCC2)cc1. The van der Waals surface area contributed by atoms with Gasteiger partial charge in [-0.25, -0.2) is 4.79 Å². The van der Waals surface area contributed by atoms with Gasteiger partial charge in [0.2, 0.25) is 0 Å². The van der Waals surface area contributed by atoms with Crippen LogP contribution in [-0.4, -0.2) is 25.7 Å². The molecular weight excluding hydrogens is 226 g/mol. The molecule has 1 heterocycles. The molecule has 1 fully saturated rings. The average Bonchev–Trinajstić information content (AvgIpc) is 2.93. The molecule has 1 saturated heterocycles. The van der Waals surface area contributed by atoms with E-state index in [4.69, 9.17) is 4.74 Å². The minimum atomic E-state index is -0.212. The van der Waals surface area contributed by atoms with Crippen LogP contribution in [-0.2, 0) is 4.74 Å². The highest BCUT2D eigenvalue weighted by Crippen LogP contribution is 2.20. The maximum atomic E-state index is 11.7. The maximum absolute atomic E-state index is 11.7. The Hall–Kier alpha value is -1.51. The highest BCUT2D eigenvalue weighted by molar-refractivity contribution is 5.89. The summed E-state index contributed by atoms with van der Waals surface area (Å²) in [5.74, 6) is -0.212. The quantitative estimate of drug-likeness (QED) is 0.591. The van der Waals surface area contributed by atoms with Crippen LogP contribution in [0.5, 0.6) is 0 Å². The molecule has 0 aromatic heterocycles. The molecule has 18 heavy (non-hydrogen) atoms. The van der Waals surface area contributed by atoms with E-state index in [0.29, 0.717) is 12.2 Å². The van der Waals surface area contributed by atoms with E-state index in [0.717, 1.165) is 25.9 Å². The summed E-state index contributed by atoms with van der Waals surface area (Å²) in [6.45, 7) is 4.85. The number of carbonyl (C=O) groups excluding carboxylic acids is 1. The third-order valence-corrected chi connectivity index (χ3v) is 3.31. The van der Waals surface area contributed by atoms with Gasteiger partial charge in [0, 0.05) is 18.8 Å². The number of esters is 1. The average molecular weight is 247 g/mol. The molecule has 1 aliphatic rings. The van der Waals surface area contributed by atoms with E-state index in [-0.39, 0.29) is 5.97 Å². The van der Waals surface area contributed by atoms with Crippen molar-refractivity contribution in [2.24, 2.45) is 0 Å². The molecule has 3 heteroatoms. The van der Waals surface area contributed by atoms with Crippen LogP contribution in [0.1, 0.15) is 43.0 Å². The Morgan fingerprint density at radius 3 is 2.50 bits per heavy atom. The van der Waals surface area contributed by atoms with Crippen LogP contribution in [0.25, 0.3) is 0 Å². The van der Waals surface area contributed by atoms with E-state index in [1.54, 1.807) is 0 Å². The summed E-state index contributed by atoms with van der Waals surface area (Å²) < 4.78 is 5.18. The van der Waals surface area contributed by atoms with Gasteiger partial charge in [0.15, 0.2) is 0 Å². The van der Waals surface area contributed by atoms with Crippen LogP contribution in [0.2, 0.25) is 0 Å². The lowest BCUT2D eigenvalue weighted by atomic mass is 10.2. The number of ether oxygens (including phenoxy) is 1. The summed E-state index contributed by atoms with van der Waals surface area (Å²) in [6.07, 6.45) is 4.50. The highest BCUT2D eigenvalue weighted by atomic mass is 16.5. The molecule has 1 aliphatic heterocycles. The monoisotopic (exact) mass is 247 g/mol. The van der Waals surface area contributed by atoms with Gasteiger partial charge in [-0.2, -0.15) is 0 Å². The van der Waals surface area contributed by atoms with Gasteiger partial charge >= 0.3 is 5.97 Å². The Bertz CT molecular complexity index is 380. The number of hydrogen-bond donors (Lipinski definition) is 0. The lowest BCUT2D eigenvalue weighted by molar-refractivity contribution is 0.0500. The molecule has 0 atom stereocenters. The fraction of sp³-hybridized carbons (Fsp3) is 0.533. The molecule has 1 aromatic carbocycles. The van der Waals surface area contributed by atoms with Gasteiger partial charge in [0.25, 0.3) is 0 Å². The third kappa shape index (κ3) is 3.25. The Balaban J connectivity index is 1.92. The first-order valence-corrected chi connectivity index (χ1v) is 6.83. The summed E-state index contributed by atoms with van der Waals surface area (Å²) in [5.41, 5.74) is 1.85. The van der Waals surface area contributed by atoms with Gasteiger partial charge in [-0.05, 0) is 43.5 Å². The maximum Gasteiger partial charge on any atom is 0.338 e. The predicted molar refractivity (Wildman–Crippen MR) is 73.1 cm³/mol. The zero-order valence-corrected chi connectivity index (χ0v) is 11.0. The standard InChI is InChI=1S/C15H21NO2/c1-2-3-12-18-15(17)13-6-8-14(9-7-13)16-10-4-5-11-16/h6-9H,2-5,10-12H2,1H3. The summed E-state index contributed by atoms with van der Waals surface area (Å²) in [6, 6.07) is 7.76. The van der Waals surface area contributed by atoms with Gasteiger partial charge in [-0.3, -0.25) is 0 Å². The number of benzene rings is 1. The van der Waals surface area contributed by atoms with Crippen molar-refractivity contribution >= 4 is 11.7 Å². The second-order valence-corrected chi connectivity index (χ2v) is 4.73. The summed E-state index contributed by atoms with van der Waals surface area (Å²) >= 11 is 0. The molecule has 0 N–H and O–H groups in total. The van der Waals surface area contributed by atoms with Crippen molar-refractivity contribution in [3.8, 4) is 0 Å². The Morgan fingerprint density at radius 2 is 1.89 bits per heavy atom. The molecule has 3 nitrogen and oxygen atoms in total. The van der Waals surface area contributed by atoms with Crippen LogP contribution < -0.4 is 4.90 Å². The third-order valence-electron chi connectivity index (χ3n) is 3.31. The largest absolute Gasteiger partial charge is 0.462 e. The molecule has 0 aliphatic carbocycles. The van der Waals surface area contributed by atoms with E-state index in [1.165, 1.54) is 18.5 Å². The van der Waals surface area contributed by atoms with Crippen LogP contribution >= 0.6 is 0 Å². The van der Waals surface area contributed by atoms with E-state index in [2.05, 4.69) is 11.8 Å². The predicted octanol–water partition coefficient (Wildman–Crippen LogP) is 3.24. The van der Waals surface area contributed by atoms with Crippen molar-refractivity contribution in [1.29, 1.82) is 0 Å². The summed E-state index contributed by atoms with van der Waals surface area (Å²) in [4.78, 5) is 14.1. The molecule has 98 valence electrons. The van der Waals surface area contributed by atoms with Crippen molar-refractivity contribution in [2.45, 2.75) is 32.6 Å². The number of carbonyl (C=O) groups is 1. The number of rotatable bonds is 5. The first-order chi connectivity index (χ1) is 8.81. The molecule has 0 radical (unpaired) electrons. The zero-order chi connectivity index (χ0) is 12.8. The Morgan fingerprint density at radius 1 is 1.22 bits per heavy atom. The molecule has 0 amide bonds. The van der Waals surface area contributed by atoms with Crippen molar-refractivity contribution < 1.29 is 9.53 Å². The minimum absolute atomic E-state index is 0.212. The normalized spacial score (nSPS) is 14.8. The Kier molecular flexibility index (Phi) is 4.62. The second kappa shape index (κ2) is 6.43. The van der Waals surface area contributed by atoms with Crippen molar-refractivity contribution in [2.75, 3.05) is 24.6 Å². The molecule has 0 spiro atoms. The Labute approximate surface area is 109 Å². The van der Waals surface area contributed by atoms with Gasteiger partial charge in [-0.1, -0.05) is 13.3 Å². The van der Waals surface area contributed by atoms with Crippen LogP contribution in [0.3, 0.4) is 0 Å². The number of hydrogen-bond acceptors (Lipinski definition) is 3. The van der Waals surface area contributed by atoms with E-state index in [9.17, 15) is 4.79 Å². The molecule has 0 saturated carbocycles. The highest BCUT2D eigenvalue weighted by Gasteiger charge is 2.13. The fourth-order valence-corrected chi connectivity index (χ4v) is 2.18. The van der Waals surface area contributed by atoms with Gasteiger partial charge in [0.1, 0.15) is 0 Å². The number of nitrogens with zero attached hydrogens (tertiary/aromatic N) is 1. The molecule has 0 bridgehead atoms. The van der Waals surface area contributed by atoms with Gasteiger partial charge in [0.05, 0.1) is 12.2 Å². The van der Waals surface area contributed by atoms with E-state index < -0.39 is 0 Å². The molecular formula is C15H21NO2. The lowest BCUT2D eigenvalue weighted by Gasteiger charge is -2.17. The number of unbranched alkanes of at least 4 members (excludes halogenated alkanes) is 1. The van der Waals surface area contributed by atoms with Crippen molar-refractivity contribution in [3.63, 3.8) is 0 Å². The van der Waals surface area contributed by atoms with Gasteiger partial charge < -0.3 is 9.64 Å². The smallest absolute Gasteiger partial charge is 0.338 e. The minimum Gasteiger partial charge on any atom is -0.462 e. The first-order valence-electron chi connectivity index (χ1n) is 6.83. The number of anilines is 1. The lowest BCUT2D eigenvalue weighted by Crippen LogP contribution is -2.17. The van der Waals surface area contributed by atoms with Gasteiger partial charge in [-0.15, -0.1) is 0 Å². The van der Waals surface area contributed by atoms with Crippen LogP contribution in [0.15, 0.2) is 24.3 Å². The summed E-state index contributed by atoms with van der Waals surface area (Å²) in [5, 5.41) is 0. The van der Waals surface area contributed by atoms with E-state index in [1.807, 2.05) is 24.3 Å². The molecule has 1 aromatic rings. The van der Waals surface area contributed by atoms with E-state index >= 15 is 0 Å². The van der Waals surface area contributed by atoms with Crippen LogP contribution in [0.4, 0.5) is 5.69 Å². The van der Waals surface area contributed by atoms with Crippen molar-refractivity contribution in [3.05, 3.63) is 29.8 Å². The van der Waals surface area contributed by atoms with Crippen LogP contribution in [0, 0.1) is 0 Å². The van der Waals surface area contributed by atoms with Crippen molar-refractivity contribution in [1.82, 2.24) is 0 Å². The molecule has 0 unspecified atom stereocenters. The molecule has 2 rings (SSSR count). The zero-order valence-electron chi connectivity index (χ0n) is 11.0. The second-order valence-electron chi connectivity index (χ2n) is 4.73. The summed E-state index contributed by atoms with van der Waals surface area (Å²) in [7, 11) is 0. The fourth-order valence-electron chi connectivity index (χ4n) is 2.18. The first kappa shape index (κ1) is 12.9. The topological polar surface area (TPSA) is 29.5 Å².